The first-order valence-electron chi connectivity index (χ1n) is 8.11. The molecule has 0 heterocycles. The van der Waals surface area contributed by atoms with E-state index in [9.17, 15) is 18.0 Å². The van der Waals surface area contributed by atoms with Gasteiger partial charge in [0.05, 0.1) is 11.1 Å². The lowest BCUT2D eigenvalue weighted by atomic mass is 9.93. The molecule has 1 fully saturated rings. The van der Waals surface area contributed by atoms with Crippen molar-refractivity contribution >= 4 is 17.6 Å². The van der Waals surface area contributed by atoms with Crippen LogP contribution in [0.2, 0.25) is 5.02 Å². The molecular weight excluding hydrogens is 367 g/mol. The first kappa shape index (κ1) is 18.7. The molecule has 0 bridgehead atoms. The molecule has 0 radical (unpaired) electrons. The highest BCUT2D eigenvalue weighted by atomic mass is 35.5. The predicted molar refractivity (Wildman–Crippen MR) is 92.5 cm³/mol. The highest BCUT2D eigenvalue weighted by Crippen LogP contribution is 2.51. The van der Waals surface area contributed by atoms with E-state index in [4.69, 9.17) is 16.7 Å². The Morgan fingerprint density at radius 1 is 1.15 bits per heavy atom. The number of benzene rings is 2. The maximum Gasteiger partial charge on any atom is 0.416 e. The molecule has 0 unspecified atom stereocenters. The third-order valence-electron chi connectivity index (χ3n) is 4.71. The number of aromatic carboxylic acids is 1. The lowest BCUT2D eigenvalue weighted by molar-refractivity contribution is -0.137. The van der Waals surface area contributed by atoms with Crippen LogP contribution in [0.1, 0.15) is 39.9 Å². The molecule has 0 amide bonds. The van der Waals surface area contributed by atoms with Crippen LogP contribution in [0.25, 0.3) is 0 Å². The molecule has 2 N–H and O–H groups in total. The number of halogens is 4. The van der Waals surface area contributed by atoms with Crippen LogP contribution >= 0.6 is 11.6 Å². The predicted octanol–water partition coefficient (Wildman–Crippen LogP) is 4.88. The van der Waals surface area contributed by atoms with Gasteiger partial charge in [-0.1, -0.05) is 23.7 Å². The van der Waals surface area contributed by atoms with E-state index < -0.39 is 17.7 Å². The van der Waals surface area contributed by atoms with Gasteiger partial charge in [-0.25, -0.2) is 4.79 Å². The van der Waals surface area contributed by atoms with Crippen molar-refractivity contribution in [3.8, 4) is 0 Å². The minimum Gasteiger partial charge on any atom is -0.478 e. The normalized spacial score (nSPS) is 15.7. The second-order valence-corrected chi connectivity index (χ2v) is 6.99. The monoisotopic (exact) mass is 383 g/mol. The van der Waals surface area contributed by atoms with Crippen molar-refractivity contribution in [1.29, 1.82) is 0 Å². The highest BCUT2D eigenvalue weighted by Gasteiger charge is 2.46. The maximum absolute atomic E-state index is 13.0. The number of carbonyl (C=O) groups is 1. The van der Waals surface area contributed by atoms with E-state index in [-0.39, 0.29) is 11.0 Å². The van der Waals surface area contributed by atoms with Crippen molar-refractivity contribution in [2.45, 2.75) is 31.0 Å². The molecule has 138 valence electrons. The maximum atomic E-state index is 13.0. The Bertz CT molecular complexity index is 815. The zero-order valence-electron chi connectivity index (χ0n) is 13.7. The Balaban J connectivity index is 1.67. The van der Waals surface area contributed by atoms with Gasteiger partial charge in [0.25, 0.3) is 0 Å². The van der Waals surface area contributed by atoms with E-state index in [0.717, 1.165) is 30.5 Å². The van der Waals surface area contributed by atoms with E-state index in [2.05, 4.69) is 5.32 Å². The van der Waals surface area contributed by atoms with Crippen molar-refractivity contribution in [1.82, 2.24) is 5.32 Å². The number of carboxylic acid groups (broad SMARTS) is 1. The lowest BCUT2D eigenvalue weighted by Crippen LogP contribution is -2.27. The average molecular weight is 384 g/mol. The summed E-state index contributed by atoms with van der Waals surface area (Å²) in [4.78, 5) is 10.8. The second-order valence-electron chi connectivity index (χ2n) is 6.58. The van der Waals surface area contributed by atoms with Crippen LogP contribution in [-0.2, 0) is 18.1 Å². The van der Waals surface area contributed by atoms with Gasteiger partial charge in [-0.3, -0.25) is 0 Å². The van der Waals surface area contributed by atoms with Gasteiger partial charge >= 0.3 is 12.1 Å². The SMILES string of the molecule is O=C(O)c1ccc(CNCC2(c3cc(C(F)(F)F)ccc3Cl)CC2)cc1. The molecule has 0 saturated heterocycles. The topological polar surface area (TPSA) is 49.3 Å². The van der Waals surface area contributed by atoms with Crippen molar-refractivity contribution in [2.24, 2.45) is 0 Å². The fourth-order valence-electron chi connectivity index (χ4n) is 3.01. The summed E-state index contributed by atoms with van der Waals surface area (Å²) in [5.41, 5.74) is 0.582. The van der Waals surface area contributed by atoms with Crippen LogP contribution in [-0.4, -0.2) is 17.6 Å². The van der Waals surface area contributed by atoms with E-state index in [0.29, 0.717) is 23.7 Å². The largest absolute Gasteiger partial charge is 0.478 e. The minimum atomic E-state index is -4.39. The molecule has 0 spiro atoms. The Morgan fingerprint density at radius 3 is 2.35 bits per heavy atom. The minimum absolute atomic E-state index is 0.211. The summed E-state index contributed by atoms with van der Waals surface area (Å²) in [6, 6.07) is 9.94. The van der Waals surface area contributed by atoms with Crippen LogP contribution in [0.4, 0.5) is 13.2 Å². The first-order valence-corrected chi connectivity index (χ1v) is 8.49. The third kappa shape index (κ3) is 4.02. The highest BCUT2D eigenvalue weighted by molar-refractivity contribution is 6.31. The van der Waals surface area contributed by atoms with Crippen molar-refractivity contribution in [3.05, 3.63) is 69.7 Å². The van der Waals surface area contributed by atoms with E-state index in [1.54, 1.807) is 12.1 Å². The molecule has 2 aromatic rings. The molecule has 2 aromatic carbocycles. The summed E-state index contributed by atoms with van der Waals surface area (Å²) in [6.45, 7) is 1.01. The molecule has 1 aliphatic carbocycles. The van der Waals surface area contributed by atoms with Gasteiger partial charge < -0.3 is 10.4 Å². The van der Waals surface area contributed by atoms with Crippen molar-refractivity contribution in [2.75, 3.05) is 6.54 Å². The fraction of sp³-hybridized carbons (Fsp3) is 0.316. The van der Waals surface area contributed by atoms with Gasteiger partial charge in [0.2, 0.25) is 0 Å². The van der Waals surface area contributed by atoms with Crippen LogP contribution in [0.5, 0.6) is 0 Å². The number of carboxylic acids is 1. The summed E-state index contributed by atoms with van der Waals surface area (Å²) in [5, 5.41) is 12.5. The van der Waals surface area contributed by atoms with Gasteiger partial charge in [0.15, 0.2) is 0 Å². The summed E-state index contributed by atoms with van der Waals surface area (Å²) in [7, 11) is 0. The number of hydrogen-bond acceptors (Lipinski definition) is 2. The zero-order chi connectivity index (χ0) is 18.9. The third-order valence-corrected chi connectivity index (χ3v) is 5.04. The fourth-order valence-corrected chi connectivity index (χ4v) is 3.33. The standard InChI is InChI=1S/C19H17ClF3NO2/c20-16-6-5-14(19(21,22)23)9-15(16)18(7-8-18)11-24-10-12-1-3-13(4-2-12)17(25)26/h1-6,9,24H,7-8,10-11H2,(H,25,26). The van der Waals surface area contributed by atoms with E-state index in [1.165, 1.54) is 18.2 Å². The zero-order valence-corrected chi connectivity index (χ0v) is 14.5. The molecule has 3 rings (SSSR count). The van der Waals surface area contributed by atoms with E-state index in [1.807, 2.05) is 0 Å². The summed E-state index contributed by atoms with van der Waals surface area (Å²) in [6.07, 6.45) is -2.84. The molecular formula is C19H17ClF3NO2. The van der Waals surface area contributed by atoms with E-state index >= 15 is 0 Å². The number of alkyl halides is 3. The Morgan fingerprint density at radius 2 is 1.81 bits per heavy atom. The number of hydrogen-bond donors (Lipinski definition) is 2. The molecule has 26 heavy (non-hydrogen) atoms. The van der Waals surface area contributed by atoms with Gasteiger partial charge in [-0.15, -0.1) is 0 Å². The Labute approximate surface area is 153 Å². The van der Waals surface area contributed by atoms with Crippen molar-refractivity contribution in [3.63, 3.8) is 0 Å². The summed E-state index contributed by atoms with van der Waals surface area (Å²) >= 11 is 6.16. The number of rotatable bonds is 6. The van der Waals surface area contributed by atoms with Crippen LogP contribution in [0, 0.1) is 0 Å². The Kier molecular flexibility index (Phi) is 4.99. The van der Waals surface area contributed by atoms with Crippen molar-refractivity contribution < 1.29 is 23.1 Å². The van der Waals surface area contributed by atoms with Gasteiger partial charge in [-0.2, -0.15) is 13.2 Å². The molecule has 0 aliphatic heterocycles. The van der Waals surface area contributed by atoms with Crippen LogP contribution in [0.3, 0.4) is 0 Å². The quantitative estimate of drug-likeness (QED) is 0.747. The lowest BCUT2D eigenvalue weighted by Gasteiger charge is -2.20. The molecule has 7 heteroatoms. The Hall–Kier alpha value is -2.05. The molecule has 0 aromatic heterocycles. The number of nitrogens with one attached hydrogen (secondary N) is 1. The second kappa shape index (κ2) is 6.93. The molecule has 1 saturated carbocycles. The molecule has 1 aliphatic rings. The van der Waals surface area contributed by atoms with Gasteiger partial charge in [0.1, 0.15) is 0 Å². The van der Waals surface area contributed by atoms with Crippen LogP contribution in [0.15, 0.2) is 42.5 Å². The molecule has 0 atom stereocenters. The summed E-state index contributed by atoms with van der Waals surface area (Å²) in [5.74, 6) is -0.986. The first-order chi connectivity index (χ1) is 12.2. The molecule has 3 nitrogen and oxygen atoms in total. The average Bonchev–Trinajstić information content (AvgIpc) is 3.35. The van der Waals surface area contributed by atoms with Crippen LogP contribution < -0.4 is 5.32 Å². The summed E-state index contributed by atoms with van der Waals surface area (Å²) < 4.78 is 38.9. The smallest absolute Gasteiger partial charge is 0.416 e. The van der Waals surface area contributed by atoms with Gasteiger partial charge in [-0.05, 0) is 54.3 Å². The van der Waals surface area contributed by atoms with Gasteiger partial charge in [0, 0.05) is 23.5 Å².